The van der Waals surface area contributed by atoms with Crippen molar-refractivity contribution in [2.24, 2.45) is 10.9 Å². The summed E-state index contributed by atoms with van der Waals surface area (Å²) >= 11 is 0. The highest BCUT2D eigenvalue weighted by Gasteiger charge is 2.20. The number of para-hydroxylation sites is 1. The van der Waals surface area contributed by atoms with Gasteiger partial charge in [-0.05, 0) is 42.7 Å². The molecule has 1 N–H and O–H groups in total. The Morgan fingerprint density at radius 1 is 1.09 bits per heavy atom. The number of aliphatic hydroxyl groups is 1. The summed E-state index contributed by atoms with van der Waals surface area (Å²) in [4.78, 5) is 16.3. The van der Waals surface area contributed by atoms with Crippen LogP contribution in [-0.4, -0.2) is 11.0 Å². The molecule has 1 amide bonds. The van der Waals surface area contributed by atoms with Gasteiger partial charge in [0.1, 0.15) is 0 Å². The van der Waals surface area contributed by atoms with Gasteiger partial charge in [-0.15, -0.1) is 0 Å². The molecule has 3 rings (SSSR count). The number of amides is 1. The molecule has 3 heteroatoms. The van der Waals surface area contributed by atoms with E-state index < -0.39 is 5.60 Å². The molecule has 1 heterocycles. The molecule has 112 valence electrons. The molecule has 0 spiro atoms. The van der Waals surface area contributed by atoms with Crippen LogP contribution in [-0.2, 0) is 16.8 Å². The summed E-state index contributed by atoms with van der Waals surface area (Å²) < 4.78 is 0. The van der Waals surface area contributed by atoms with Crippen molar-refractivity contribution in [1.29, 1.82) is 0 Å². The number of hydrogen-bond donors (Lipinski definition) is 1. The maximum absolute atomic E-state index is 12.1. The molecule has 0 aromatic heterocycles. The maximum Gasteiger partial charge on any atom is 0.253 e. The molecular weight excluding hydrogens is 274 g/mol. The maximum atomic E-state index is 12.1. The van der Waals surface area contributed by atoms with E-state index in [1.165, 1.54) is 0 Å². The van der Waals surface area contributed by atoms with Crippen molar-refractivity contribution in [3.05, 3.63) is 70.2 Å². The van der Waals surface area contributed by atoms with Gasteiger partial charge in [-0.1, -0.05) is 48.5 Å². The minimum atomic E-state index is -0.848. The lowest BCUT2D eigenvalue weighted by Crippen LogP contribution is -2.34. The zero-order chi connectivity index (χ0) is 15.7. The minimum absolute atomic E-state index is 0.0923. The molecule has 22 heavy (non-hydrogen) atoms. The third-order valence-electron chi connectivity index (χ3n) is 3.98. The zero-order valence-corrected chi connectivity index (χ0v) is 12.8. The lowest BCUT2D eigenvalue weighted by Gasteiger charge is -2.18. The topological polar surface area (TPSA) is 49.7 Å². The van der Waals surface area contributed by atoms with Gasteiger partial charge in [-0.3, -0.25) is 4.79 Å². The molecule has 0 fully saturated rings. The Hall–Kier alpha value is -2.26. The van der Waals surface area contributed by atoms with Crippen LogP contribution in [0.5, 0.6) is 0 Å². The predicted molar refractivity (Wildman–Crippen MR) is 85.6 cm³/mol. The summed E-state index contributed by atoms with van der Waals surface area (Å²) in [5.41, 5.74) is 1.09. The third-order valence-corrected chi connectivity index (χ3v) is 3.98. The van der Waals surface area contributed by atoms with E-state index in [0.717, 1.165) is 21.7 Å². The van der Waals surface area contributed by atoms with Crippen molar-refractivity contribution in [2.45, 2.75) is 25.9 Å². The second kappa shape index (κ2) is 5.50. The first-order valence-corrected chi connectivity index (χ1v) is 7.45. The van der Waals surface area contributed by atoms with Gasteiger partial charge in [0.05, 0.1) is 16.9 Å². The molecule has 3 nitrogen and oxygen atoms in total. The lowest BCUT2D eigenvalue weighted by atomic mass is 9.92. The molecule has 1 atom stereocenters. The Morgan fingerprint density at radius 3 is 2.45 bits per heavy atom. The molecule has 1 aliphatic rings. The normalized spacial score (nSPS) is 17.4. The van der Waals surface area contributed by atoms with Crippen molar-refractivity contribution in [3.8, 4) is 0 Å². The van der Waals surface area contributed by atoms with Crippen molar-refractivity contribution in [3.63, 3.8) is 0 Å². The fourth-order valence-electron chi connectivity index (χ4n) is 2.67. The van der Waals surface area contributed by atoms with Crippen LogP contribution in [0.25, 0.3) is 6.08 Å². The number of benzene rings is 2. The molecule has 0 saturated carbocycles. The SMILES string of the molecule is CC(C)(O)c1ccc(CC2C=c3ccccc3=NC2=O)cc1. The van der Waals surface area contributed by atoms with Crippen molar-refractivity contribution in [1.82, 2.24) is 0 Å². The molecular formula is C19H19NO2. The van der Waals surface area contributed by atoms with Gasteiger partial charge in [0.2, 0.25) is 0 Å². The van der Waals surface area contributed by atoms with Crippen LogP contribution < -0.4 is 10.6 Å². The van der Waals surface area contributed by atoms with E-state index >= 15 is 0 Å². The smallest absolute Gasteiger partial charge is 0.253 e. The van der Waals surface area contributed by atoms with Gasteiger partial charge in [0.15, 0.2) is 0 Å². The van der Waals surface area contributed by atoms with E-state index in [-0.39, 0.29) is 11.8 Å². The zero-order valence-electron chi connectivity index (χ0n) is 12.8. The van der Waals surface area contributed by atoms with E-state index in [1.54, 1.807) is 13.8 Å². The number of hydrogen-bond acceptors (Lipinski definition) is 2. The van der Waals surface area contributed by atoms with Gasteiger partial charge < -0.3 is 5.11 Å². The largest absolute Gasteiger partial charge is 0.386 e. The van der Waals surface area contributed by atoms with E-state index in [2.05, 4.69) is 4.99 Å². The summed E-state index contributed by atoms with van der Waals surface area (Å²) in [5, 5.41) is 11.7. The van der Waals surface area contributed by atoms with Crippen LogP contribution >= 0.6 is 0 Å². The van der Waals surface area contributed by atoms with Gasteiger partial charge in [0, 0.05) is 0 Å². The Bertz CT molecular complexity index is 814. The van der Waals surface area contributed by atoms with Gasteiger partial charge >= 0.3 is 0 Å². The quantitative estimate of drug-likeness (QED) is 0.936. The van der Waals surface area contributed by atoms with Crippen molar-refractivity contribution in [2.75, 3.05) is 0 Å². The highest BCUT2D eigenvalue weighted by atomic mass is 16.3. The fourth-order valence-corrected chi connectivity index (χ4v) is 2.67. The molecule has 1 aliphatic heterocycles. The molecule has 1 unspecified atom stereocenters. The summed E-state index contributed by atoms with van der Waals surface area (Å²) in [7, 11) is 0. The first kappa shape index (κ1) is 14.7. The lowest BCUT2D eigenvalue weighted by molar-refractivity contribution is -0.120. The van der Waals surface area contributed by atoms with Crippen LogP contribution in [0, 0.1) is 5.92 Å². The minimum Gasteiger partial charge on any atom is -0.386 e. The molecule has 2 aromatic carbocycles. The Kier molecular flexibility index (Phi) is 3.67. The standard InChI is InChI=1S/C19H19NO2/c1-19(2,22)16-9-7-13(8-10-16)11-15-12-14-5-3-4-6-17(14)20-18(15)21/h3-10,12,15,22H,11H2,1-2H3. The van der Waals surface area contributed by atoms with Gasteiger partial charge in [-0.2, -0.15) is 0 Å². The Morgan fingerprint density at radius 2 is 1.77 bits per heavy atom. The highest BCUT2D eigenvalue weighted by Crippen LogP contribution is 2.21. The van der Waals surface area contributed by atoms with E-state index in [9.17, 15) is 9.90 Å². The average Bonchev–Trinajstić information content (AvgIpc) is 2.48. The molecule has 2 aromatic rings. The molecule has 0 radical (unpaired) electrons. The molecule has 0 saturated heterocycles. The van der Waals surface area contributed by atoms with E-state index in [0.29, 0.717) is 6.42 Å². The van der Waals surface area contributed by atoms with Crippen LogP contribution in [0.3, 0.4) is 0 Å². The van der Waals surface area contributed by atoms with Crippen molar-refractivity contribution < 1.29 is 9.90 Å². The molecule has 0 aliphatic carbocycles. The Labute approximate surface area is 129 Å². The number of nitrogens with zero attached hydrogens (tertiary/aromatic N) is 1. The molecule has 0 bridgehead atoms. The van der Waals surface area contributed by atoms with Crippen LogP contribution in [0.1, 0.15) is 25.0 Å². The summed E-state index contributed by atoms with van der Waals surface area (Å²) in [6.07, 6.45) is 2.62. The fraction of sp³-hybridized carbons (Fsp3) is 0.263. The Balaban J connectivity index is 1.85. The van der Waals surface area contributed by atoms with Gasteiger partial charge in [0.25, 0.3) is 5.91 Å². The summed E-state index contributed by atoms with van der Waals surface area (Å²) in [6.45, 7) is 3.52. The summed E-state index contributed by atoms with van der Waals surface area (Å²) in [6, 6.07) is 15.4. The first-order valence-electron chi connectivity index (χ1n) is 7.45. The predicted octanol–water partition coefficient (Wildman–Crippen LogP) is 1.71. The average molecular weight is 293 g/mol. The van der Waals surface area contributed by atoms with E-state index in [4.69, 9.17) is 0 Å². The number of carbonyl (C=O) groups is 1. The monoisotopic (exact) mass is 293 g/mol. The second-order valence-corrected chi connectivity index (χ2v) is 6.24. The van der Waals surface area contributed by atoms with Crippen LogP contribution in [0.4, 0.5) is 0 Å². The van der Waals surface area contributed by atoms with Crippen molar-refractivity contribution >= 4 is 12.0 Å². The third kappa shape index (κ3) is 3.00. The van der Waals surface area contributed by atoms with Gasteiger partial charge in [-0.25, -0.2) is 4.99 Å². The summed E-state index contributed by atoms with van der Waals surface area (Å²) in [5.74, 6) is -0.312. The number of carbonyl (C=O) groups excluding carboxylic acids is 1. The number of rotatable bonds is 3. The van der Waals surface area contributed by atoms with E-state index in [1.807, 2.05) is 54.6 Å². The highest BCUT2D eigenvalue weighted by molar-refractivity contribution is 5.86. The second-order valence-electron chi connectivity index (χ2n) is 6.24. The van der Waals surface area contributed by atoms with Crippen LogP contribution in [0.15, 0.2) is 53.5 Å². The van der Waals surface area contributed by atoms with Crippen LogP contribution in [0.2, 0.25) is 0 Å². The first-order chi connectivity index (χ1) is 10.4. The number of fused-ring (bicyclic) bond motifs is 1.